The number of aromatic nitrogens is 2. The number of hydrogen-bond donors (Lipinski definition) is 4. The van der Waals surface area contributed by atoms with Gasteiger partial charge in [0.25, 0.3) is 0 Å². The van der Waals surface area contributed by atoms with Crippen molar-refractivity contribution in [2.24, 2.45) is 5.84 Å². The van der Waals surface area contributed by atoms with E-state index in [-0.39, 0.29) is 18.3 Å². The van der Waals surface area contributed by atoms with E-state index in [0.29, 0.717) is 6.42 Å². The molecule has 0 amide bonds. The molecule has 1 rings (SSSR count). The van der Waals surface area contributed by atoms with Gasteiger partial charge in [-0.05, 0) is 6.42 Å². The van der Waals surface area contributed by atoms with Crippen LogP contribution in [0, 0.1) is 5.82 Å². The van der Waals surface area contributed by atoms with Gasteiger partial charge in [-0.15, -0.1) is 0 Å². The Morgan fingerprint density at radius 3 is 3.00 bits per heavy atom. The molecule has 0 saturated carbocycles. The highest BCUT2D eigenvalue weighted by Gasteiger charge is 2.08. The zero-order valence-electron chi connectivity index (χ0n) is 9.07. The molecule has 1 heterocycles. The van der Waals surface area contributed by atoms with Gasteiger partial charge in [-0.2, -0.15) is 4.98 Å². The molecule has 16 heavy (non-hydrogen) atoms. The Morgan fingerprint density at radius 1 is 1.62 bits per heavy atom. The first kappa shape index (κ1) is 12.6. The molecule has 0 spiro atoms. The molecule has 90 valence electrons. The monoisotopic (exact) mass is 229 g/mol. The minimum atomic E-state index is -0.581. The lowest BCUT2D eigenvalue weighted by atomic mass is 10.2. The summed E-state index contributed by atoms with van der Waals surface area (Å²) in [6, 6.07) is 0. The van der Waals surface area contributed by atoms with Gasteiger partial charge >= 0.3 is 0 Å². The number of nitrogens with two attached hydrogens (primary N) is 1. The zero-order valence-corrected chi connectivity index (χ0v) is 9.07. The van der Waals surface area contributed by atoms with Gasteiger partial charge in [-0.25, -0.2) is 15.2 Å². The molecule has 0 saturated heterocycles. The fourth-order valence-corrected chi connectivity index (χ4v) is 1.21. The summed E-state index contributed by atoms with van der Waals surface area (Å²) in [5.74, 6) is 4.66. The van der Waals surface area contributed by atoms with Crippen LogP contribution in [0.1, 0.15) is 19.8 Å². The maximum Gasteiger partial charge on any atom is 0.239 e. The highest BCUT2D eigenvalue weighted by Crippen LogP contribution is 2.11. The highest BCUT2D eigenvalue weighted by molar-refractivity contribution is 5.40. The van der Waals surface area contributed by atoms with E-state index in [2.05, 4.69) is 20.7 Å². The van der Waals surface area contributed by atoms with Gasteiger partial charge in [0.2, 0.25) is 5.95 Å². The molecule has 1 unspecified atom stereocenters. The molecule has 0 aliphatic heterocycles. The van der Waals surface area contributed by atoms with Gasteiger partial charge in [0, 0.05) is 6.54 Å². The van der Waals surface area contributed by atoms with Gasteiger partial charge in [-0.1, -0.05) is 13.3 Å². The number of nitrogens with one attached hydrogen (secondary N) is 2. The quantitative estimate of drug-likeness (QED) is 0.418. The molecule has 0 aliphatic carbocycles. The minimum Gasteiger partial charge on any atom is -0.391 e. The Morgan fingerprint density at radius 2 is 2.38 bits per heavy atom. The van der Waals surface area contributed by atoms with Gasteiger partial charge in [0.15, 0.2) is 11.6 Å². The van der Waals surface area contributed by atoms with Crippen LogP contribution < -0.4 is 16.6 Å². The molecule has 0 fully saturated rings. The van der Waals surface area contributed by atoms with Crippen LogP contribution in [-0.4, -0.2) is 27.7 Å². The van der Waals surface area contributed by atoms with Crippen LogP contribution in [0.2, 0.25) is 0 Å². The molecular weight excluding hydrogens is 213 g/mol. The van der Waals surface area contributed by atoms with Crippen LogP contribution in [-0.2, 0) is 0 Å². The number of aliphatic hydroxyl groups excluding tert-OH is 1. The predicted molar refractivity (Wildman–Crippen MR) is 59.2 cm³/mol. The first-order chi connectivity index (χ1) is 7.67. The van der Waals surface area contributed by atoms with Crippen LogP contribution in [0.25, 0.3) is 0 Å². The molecule has 0 aliphatic rings. The highest BCUT2D eigenvalue weighted by atomic mass is 19.1. The summed E-state index contributed by atoms with van der Waals surface area (Å²) in [6.07, 6.45) is 2.01. The lowest BCUT2D eigenvalue weighted by molar-refractivity contribution is 0.176. The summed E-state index contributed by atoms with van der Waals surface area (Å²) < 4.78 is 13.2. The van der Waals surface area contributed by atoms with E-state index in [9.17, 15) is 9.50 Å². The fourth-order valence-electron chi connectivity index (χ4n) is 1.21. The Kier molecular flexibility index (Phi) is 4.87. The number of anilines is 2. The van der Waals surface area contributed by atoms with E-state index < -0.39 is 11.9 Å². The number of hydrogen-bond acceptors (Lipinski definition) is 6. The van der Waals surface area contributed by atoms with Crippen LogP contribution in [0.3, 0.4) is 0 Å². The van der Waals surface area contributed by atoms with Gasteiger partial charge in [-0.3, -0.25) is 5.43 Å². The number of aliphatic hydroxyl groups is 1. The first-order valence-corrected chi connectivity index (χ1v) is 5.08. The Hall–Kier alpha value is -1.47. The van der Waals surface area contributed by atoms with Gasteiger partial charge < -0.3 is 10.4 Å². The largest absolute Gasteiger partial charge is 0.391 e. The van der Waals surface area contributed by atoms with E-state index in [1.54, 1.807) is 0 Å². The van der Waals surface area contributed by atoms with E-state index >= 15 is 0 Å². The molecule has 7 heteroatoms. The SMILES string of the molecule is CCCC(O)CNc1nc(NN)ncc1F. The molecule has 0 aromatic carbocycles. The molecule has 1 aromatic heterocycles. The second-order valence-corrected chi connectivity index (χ2v) is 3.36. The van der Waals surface area contributed by atoms with Crippen LogP contribution in [0.5, 0.6) is 0 Å². The average molecular weight is 229 g/mol. The van der Waals surface area contributed by atoms with E-state index in [1.165, 1.54) is 0 Å². The summed E-state index contributed by atoms with van der Waals surface area (Å²) in [5, 5.41) is 12.2. The summed E-state index contributed by atoms with van der Waals surface area (Å²) in [4.78, 5) is 7.37. The number of hydrazine groups is 1. The number of rotatable bonds is 6. The topological polar surface area (TPSA) is 96.1 Å². The zero-order chi connectivity index (χ0) is 12.0. The normalized spacial score (nSPS) is 12.2. The van der Waals surface area contributed by atoms with Crippen molar-refractivity contribution in [3.8, 4) is 0 Å². The summed E-state index contributed by atoms with van der Waals surface area (Å²) in [7, 11) is 0. The van der Waals surface area contributed by atoms with Crippen LogP contribution >= 0.6 is 0 Å². The van der Waals surface area contributed by atoms with Crippen LogP contribution in [0.4, 0.5) is 16.2 Å². The van der Waals surface area contributed by atoms with Crippen molar-refractivity contribution in [2.45, 2.75) is 25.9 Å². The fraction of sp³-hybridized carbons (Fsp3) is 0.556. The van der Waals surface area contributed by atoms with Crippen molar-refractivity contribution in [3.05, 3.63) is 12.0 Å². The molecule has 6 nitrogen and oxygen atoms in total. The predicted octanol–water partition coefficient (Wildman–Crippen LogP) is 0.474. The molecule has 5 N–H and O–H groups in total. The van der Waals surface area contributed by atoms with Gasteiger partial charge in [0.1, 0.15) is 0 Å². The summed E-state index contributed by atoms with van der Waals surface area (Å²) >= 11 is 0. The molecule has 1 aromatic rings. The molecule has 0 bridgehead atoms. The third-order valence-corrected chi connectivity index (χ3v) is 2.00. The second-order valence-electron chi connectivity index (χ2n) is 3.36. The average Bonchev–Trinajstić information content (AvgIpc) is 2.28. The van der Waals surface area contributed by atoms with E-state index in [1.807, 2.05) is 6.92 Å². The van der Waals surface area contributed by atoms with Crippen molar-refractivity contribution >= 4 is 11.8 Å². The number of nitrogen functional groups attached to an aromatic ring is 1. The lowest BCUT2D eigenvalue weighted by Crippen LogP contribution is -2.21. The standard InChI is InChI=1S/C9H16FN5O/c1-2-3-6(16)4-12-8-7(10)5-13-9(14-8)15-11/h5-6,16H,2-4,11H2,1H3,(H2,12,13,14,15). The van der Waals surface area contributed by atoms with E-state index in [4.69, 9.17) is 5.84 Å². The van der Waals surface area contributed by atoms with Crippen LogP contribution in [0.15, 0.2) is 6.20 Å². The van der Waals surface area contributed by atoms with Crippen molar-refractivity contribution in [2.75, 3.05) is 17.3 Å². The van der Waals surface area contributed by atoms with E-state index in [0.717, 1.165) is 12.6 Å². The summed E-state index contributed by atoms with van der Waals surface area (Å²) in [5.41, 5.74) is 2.22. The smallest absolute Gasteiger partial charge is 0.239 e. The third kappa shape index (κ3) is 3.59. The summed E-state index contributed by atoms with van der Waals surface area (Å²) in [6.45, 7) is 2.21. The molecular formula is C9H16FN5O. The van der Waals surface area contributed by atoms with Gasteiger partial charge in [0.05, 0.1) is 12.3 Å². The Bertz CT molecular complexity index is 336. The Balaban J connectivity index is 2.58. The second kappa shape index (κ2) is 6.19. The van der Waals surface area contributed by atoms with Crippen molar-refractivity contribution in [3.63, 3.8) is 0 Å². The minimum absolute atomic E-state index is 0.0260. The Labute approximate surface area is 93.1 Å². The number of nitrogens with zero attached hydrogens (tertiary/aromatic N) is 2. The molecule has 0 radical (unpaired) electrons. The third-order valence-electron chi connectivity index (χ3n) is 2.00. The first-order valence-electron chi connectivity index (χ1n) is 5.08. The van der Waals surface area contributed by atoms with Crippen molar-refractivity contribution < 1.29 is 9.50 Å². The van der Waals surface area contributed by atoms with Crippen molar-refractivity contribution in [1.82, 2.24) is 9.97 Å². The maximum absolute atomic E-state index is 13.2. The number of halogens is 1. The lowest BCUT2D eigenvalue weighted by Gasteiger charge is -2.11. The maximum atomic E-state index is 13.2. The van der Waals surface area contributed by atoms with Crippen molar-refractivity contribution in [1.29, 1.82) is 0 Å². The molecule has 1 atom stereocenters.